The van der Waals surface area contributed by atoms with E-state index in [9.17, 15) is 4.79 Å². The van der Waals surface area contributed by atoms with Gasteiger partial charge in [0.15, 0.2) is 5.84 Å². The van der Waals surface area contributed by atoms with Crippen LogP contribution in [0.15, 0.2) is 58.0 Å². The fraction of sp³-hybridized carbons (Fsp3) is 0.150. The van der Waals surface area contributed by atoms with Gasteiger partial charge in [-0.25, -0.2) is 20.0 Å². The van der Waals surface area contributed by atoms with Crippen molar-refractivity contribution >= 4 is 23.6 Å². The van der Waals surface area contributed by atoms with Crippen molar-refractivity contribution in [2.45, 2.75) is 13.8 Å². The Morgan fingerprint density at radius 1 is 1.23 bits per heavy atom. The zero-order valence-corrected chi connectivity index (χ0v) is 15.0. The Balaban J connectivity index is 2.30. The Labute approximate surface area is 151 Å². The van der Waals surface area contributed by atoms with E-state index in [0.29, 0.717) is 22.9 Å². The van der Waals surface area contributed by atoms with Crippen molar-refractivity contribution in [3.8, 4) is 11.1 Å². The molecule has 3 aromatic rings. The van der Waals surface area contributed by atoms with Crippen LogP contribution in [0.2, 0.25) is 0 Å². The summed E-state index contributed by atoms with van der Waals surface area (Å²) in [6.07, 6.45) is 3.15. The molecular weight excluding hydrogens is 326 g/mol. The van der Waals surface area contributed by atoms with Crippen molar-refractivity contribution in [2.24, 2.45) is 17.0 Å². The molecule has 6 nitrogen and oxygen atoms in total. The minimum atomic E-state index is -0.121. The highest BCUT2D eigenvalue weighted by Crippen LogP contribution is 2.25. The fourth-order valence-electron chi connectivity index (χ4n) is 2.87. The van der Waals surface area contributed by atoms with E-state index in [1.807, 2.05) is 31.2 Å². The lowest BCUT2D eigenvalue weighted by Crippen LogP contribution is -2.20. The Morgan fingerprint density at radius 2 is 2.00 bits per heavy atom. The average Bonchev–Trinajstić information content (AvgIpc) is 2.64. The number of hydrogen-bond acceptors (Lipinski definition) is 4. The molecule has 6 heteroatoms. The molecule has 2 aromatic heterocycles. The van der Waals surface area contributed by atoms with Crippen LogP contribution in [0.25, 0.3) is 22.2 Å². The van der Waals surface area contributed by atoms with Crippen LogP contribution in [-0.4, -0.2) is 27.1 Å². The van der Waals surface area contributed by atoms with Gasteiger partial charge in [0.2, 0.25) is 0 Å². The summed E-state index contributed by atoms with van der Waals surface area (Å²) >= 11 is 0. The maximum absolute atomic E-state index is 12.9. The summed E-state index contributed by atoms with van der Waals surface area (Å²) in [5.74, 6) is 1.08. The Bertz CT molecular complexity index is 1120. The van der Waals surface area contributed by atoms with Crippen LogP contribution in [0.5, 0.6) is 0 Å². The fourth-order valence-corrected chi connectivity index (χ4v) is 2.87. The van der Waals surface area contributed by atoms with E-state index in [-0.39, 0.29) is 5.56 Å². The zero-order valence-electron chi connectivity index (χ0n) is 15.0. The van der Waals surface area contributed by atoms with E-state index in [2.05, 4.69) is 33.2 Å². The molecular formula is C20H19N5O. The number of benzene rings is 1. The molecule has 3 rings (SSSR count). The molecule has 1 aromatic carbocycles. The van der Waals surface area contributed by atoms with E-state index in [0.717, 1.165) is 22.1 Å². The maximum atomic E-state index is 12.9. The predicted molar refractivity (Wildman–Crippen MR) is 106 cm³/mol. The highest BCUT2D eigenvalue weighted by atomic mass is 16.1. The first-order chi connectivity index (χ1) is 12.5. The first-order valence-electron chi connectivity index (χ1n) is 8.06. The molecule has 0 saturated heterocycles. The first kappa shape index (κ1) is 17.4. The van der Waals surface area contributed by atoms with Crippen molar-refractivity contribution in [1.82, 2.24) is 14.5 Å². The first-order valence-corrected chi connectivity index (χ1v) is 8.06. The van der Waals surface area contributed by atoms with Crippen LogP contribution >= 0.6 is 0 Å². The van der Waals surface area contributed by atoms with Crippen LogP contribution in [-0.2, 0) is 7.05 Å². The molecule has 0 aliphatic carbocycles. The quantitative estimate of drug-likeness (QED) is 0.540. The van der Waals surface area contributed by atoms with Gasteiger partial charge in [0.1, 0.15) is 11.5 Å². The standard InChI is InChI=1S/C20H19N5O/c1-6-22-18(21-4)14-8-7-12(2)16(9-14)17-10-15-11-23-13(3)24-19(15)25(5)20(17)26/h6-11H,1,4H2,2-3,5H3. The largest absolute Gasteiger partial charge is 0.295 e. The van der Waals surface area contributed by atoms with Gasteiger partial charge < -0.3 is 0 Å². The van der Waals surface area contributed by atoms with Gasteiger partial charge in [0.05, 0.1) is 0 Å². The summed E-state index contributed by atoms with van der Waals surface area (Å²) < 4.78 is 1.55. The number of rotatable bonds is 3. The molecule has 0 radical (unpaired) electrons. The third-order valence-corrected chi connectivity index (χ3v) is 4.22. The van der Waals surface area contributed by atoms with Gasteiger partial charge in [-0.3, -0.25) is 9.36 Å². The lowest BCUT2D eigenvalue weighted by atomic mass is 9.98. The van der Waals surface area contributed by atoms with Crippen LogP contribution in [0.4, 0.5) is 0 Å². The summed E-state index contributed by atoms with van der Waals surface area (Å²) in [5, 5.41) is 0.805. The van der Waals surface area contributed by atoms with E-state index in [1.165, 1.54) is 6.20 Å². The molecule has 0 N–H and O–H groups in total. The third kappa shape index (κ3) is 2.97. The molecule has 0 amide bonds. The second-order valence-electron chi connectivity index (χ2n) is 5.94. The number of aromatic nitrogens is 3. The highest BCUT2D eigenvalue weighted by Gasteiger charge is 2.14. The SMILES string of the molecule is C=CN=C(N=C)c1ccc(C)c(-c2cc3cnc(C)nc3n(C)c2=O)c1. The van der Waals surface area contributed by atoms with Gasteiger partial charge in [0, 0.05) is 36.0 Å². The van der Waals surface area contributed by atoms with Gasteiger partial charge in [-0.2, -0.15) is 0 Å². The molecule has 0 fully saturated rings. The molecule has 0 saturated carbocycles. The van der Waals surface area contributed by atoms with Crippen molar-refractivity contribution < 1.29 is 0 Å². The number of pyridine rings is 1. The van der Waals surface area contributed by atoms with Gasteiger partial charge in [-0.05, 0) is 43.8 Å². The molecule has 0 unspecified atom stereocenters. The summed E-state index contributed by atoms with van der Waals surface area (Å²) in [5.41, 5.74) is 3.62. The van der Waals surface area contributed by atoms with Crippen molar-refractivity contribution in [3.63, 3.8) is 0 Å². The number of fused-ring (bicyclic) bond motifs is 1. The zero-order chi connectivity index (χ0) is 18.8. The van der Waals surface area contributed by atoms with Gasteiger partial charge >= 0.3 is 0 Å². The molecule has 0 aliphatic rings. The lowest BCUT2D eigenvalue weighted by Gasteiger charge is -2.12. The summed E-state index contributed by atoms with van der Waals surface area (Å²) in [6, 6.07) is 7.55. The van der Waals surface area contributed by atoms with E-state index in [4.69, 9.17) is 0 Å². The minimum absolute atomic E-state index is 0.121. The molecule has 0 aliphatic heterocycles. The number of hydrogen-bond donors (Lipinski definition) is 0. The van der Waals surface area contributed by atoms with E-state index in [1.54, 1.807) is 24.7 Å². The molecule has 0 bridgehead atoms. The van der Waals surface area contributed by atoms with Gasteiger partial charge in [0.25, 0.3) is 5.56 Å². The topological polar surface area (TPSA) is 72.5 Å². The van der Waals surface area contributed by atoms with Gasteiger partial charge in [-0.1, -0.05) is 18.7 Å². The highest BCUT2D eigenvalue weighted by molar-refractivity contribution is 6.02. The molecule has 26 heavy (non-hydrogen) atoms. The lowest BCUT2D eigenvalue weighted by molar-refractivity contribution is 0.877. The van der Waals surface area contributed by atoms with Crippen LogP contribution in [0.1, 0.15) is 17.0 Å². The van der Waals surface area contributed by atoms with E-state index >= 15 is 0 Å². The van der Waals surface area contributed by atoms with Crippen molar-refractivity contribution in [2.75, 3.05) is 0 Å². The Hall–Kier alpha value is -3.41. The Morgan fingerprint density at radius 3 is 2.69 bits per heavy atom. The average molecular weight is 345 g/mol. The monoisotopic (exact) mass is 345 g/mol. The molecule has 0 spiro atoms. The maximum Gasteiger partial charge on any atom is 0.259 e. The molecule has 2 heterocycles. The molecule has 0 atom stereocenters. The Kier molecular flexibility index (Phi) is 4.58. The third-order valence-electron chi connectivity index (χ3n) is 4.22. The number of aliphatic imine (C=N–C) groups is 2. The smallest absolute Gasteiger partial charge is 0.259 e. The normalized spacial score (nSPS) is 11.6. The van der Waals surface area contributed by atoms with E-state index < -0.39 is 0 Å². The number of amidine groups is 1. The molecule has 130 valence electrons. The summed E-state index contributed by atoms with van der Waals surface area (Å²) in [4.78, 5) is 29.6. The van der Waals surface area contributed by atoms with Crippen LogP contribution in [0, 0.1) is 13.8 Å². The predicted octanol–water partition coefficient (Wildman–Crippen LogP) is 3.20. The second-order valence-corrected chi connectivity index (χ2v) is 5.94. The minimum Gasteiger partial charge on any atom is -0.295 e. The van der Waals surface area contributed by atoms with Crippen LogP contribution in [0.3, 0.4) is 0 Å². The van der Waals surface area contributed by atoms with Crippen molar-refractivity contribution in [1.29, 1.82) is 0 Å². The van der Waals surface area contributed by atoms with Gasteiger partial charge in [-0.15, -0.1) is 0 Å². The second kappa shape index (κ2) is 6.84. The number of nitrogens with zero attached hydrogens (tertiary/aromatic N) is 5. The summed E-state index contributed by atoms with van der Waals surface area (Å²) in [7, 11) is 1.72. The number of aryl methyl sites for hydroxylation is 3. The van der Waals surface area contributed by atoms with Crippen molar-refractivity contribution in [3.05, 3.63) is 70.5 Å². The summed E-state index contributed by atoms with van der Waals surface area (Å²) in [6.45, 7) is 10.9. The van der Waals surface area contributed by atoms with Crippen LogP contribution < -0.4 is 5.56 Å².